The molecular formula is C23H20N4O3. The minimum atomic E-state index is -0.339. The van der Waals surface area contributed by atoms with Crippen molar-refractivity contribution >= 4 is 17.5 Å². The Hall–Kier alpha value is -4.13. The van der Waals surface area contributed by atoms with Crippen molar-refractivity contribution in [2.45, 2.75) is 13.1 Å². The van der Waals surface area contributed by atoms with E-state index in [0.717, 1.165) is 17.7 Å². The Kier molecular flexibility index (Phi) is 5.70. The molecule has 0 unspecified atom stereocenters. The quantitative estimate of drug-likeness (QED) is 0.495. The Labute approximate surface area is 173 Å². The molecule has 7 heteroatoms. The second kappa shape index (κ2) is 8.91. The average Bonchev–Trinajstić information content (AvgIpc) is 3.48. The number of carbonyl (C=O) groups is 2. The highest BCUT2D eigenvalue weighted by Crippen LogP contribution is 2.12. The largest absolute Gasteiger partial charge is 0.459 e. The molecule has 0 aliphatic heterocycles. The summed E-state index contributed by atoms with van der Waals surface area (Å²) in [7, 11) is 0. The number of nitrogens with one attached hydrogen (secondary N) is 2. The minimum absolute atomic E-state index is 0.179. The number of anilines is 1. The van der Waals surface area contributed by atoms with Crippen molar-refractivity contribution in [3.8, 4) is 0 Å². The lowest BCUT2D eigenvalue weighted by Gasteiger charge is -2.08. The Bertz CT molecular complexity index is 1100. The zero-order chi connectivity index (χ0) is 20.8. The molecular weight excluding hydrogens is 380 g/mol. The minimum Gasteiger partial charge on any atom is -0.459 e. The van der Waals surface area contributed by atoms with E-state index in [1.807, 2.05) is 35.0 Å². The standard InChI is InChI=1S/C23H20N4O3/c28-22(19-7-9-20(10-8-19)26-23(29)21-2-1-13-30-21)25-14-17-3-5-18(6-4-17)15-27-12-11-24-16-27/h1-13,16H,14-15H2,(H,25,28)(H,26,29). The number of nitrogens with zero attached hydrogens (tertiary/aromatic N) is 2. The summed E-state index contributed by atoms with van der Waals surface area (Å²) in [4.78, 5) is 28.4. The van der Waals surface area contributed by atoms with Gasteiger partial charge in [0.1, 0.15) is 0 Å². The summed E-state index contributed by atoms with van der Waals surface area (Å²) in [5.41, 5.74) is 3.28. The highest BCUT2D eigenvalue weighted by Gasteiger charge is 2.10. The van der Waals surface area contributed by atoms with E-state index in [1.165, 1.54) is 6.26 Å². The van der Waals surface area contributed by atoms with Crippen molar-refractivity contribution in [2.75, 3.05) is 5.32 Å². The van der Waals surface area contributed by atoms with Crippen LogP contribution >= 0.6 is 0 Å². The van der Waals surface area contributed by atoms with Gasteiger partial charge in [-0.3, -0.25) is 9.59 Å². The van der Waals surface area contributed by atoms with Crippen molar-refractivity contribution in [1.82, 2.24) is 14.9 Å². The van der Waals surface area contributed by atoms with Crippen molar-refractivity contribution in [3.63, 3.8) is 0 Å². The lowest BCUT2D eigenvalue weighted by molar-refractivity contribution is 0.0950. The maximum atomic E-state index is 12.4. The predicted octanol–water partition coefficient (Wildman–Crippen LogP) is 3.71. The Morgan fingerprint density at radius 3 is 2.37 bits per heavy atom. The summed E-state index contributed by atoms with van der Waals surface area (Å²) in [5, 5.41) is 5.63. The van der Waals surface area contributed by atoms with E-state index >= 15 is 0 Å². The van der Waals surface area contributed by atoms with Gasteiger partial charge < -0.3 is 19.6 Å². The molecule has 2 N–H and O–H groups in total. The molecule has 0 fully saturated rings. The van der Waals surface area contributed by atoms with Gasteiger partial charge in [-0.2, -0.15) is 0 Å². The molecule has 0 atom stereocenters. The second-order valence-corrected chi connectivity index (χ2v) is 6.74. The van der Waals surface area contributed by atoms with E-state index < -0.39 is 0 Å². The molecule has 4 rings (SSSR count). The first-order valence-electron chi connectivity index (χ1n) is 9.44. The molecule has 0 saturated carbocycles. The summed E-state index contributed by atoms with van der Waals surface area (Å²) < 4.78 is 7.05. The lowest BCUT2D eigenvalue weighted by Crippen LogP contribution is -2.22. The number of hydrogen-bond acceptors (Lipinski definition) is 4. The average molecular weight is 400 g/mol. The second-order valence-electron chi connectivity index (χ2n) is 6.74. The van der Waals surface area contributed by atoms with Crippen LogP contribution in [0.25, 0.3) is 0 Å². The normalized spacial score (nSPS) is 10.5. The number of furan rings is 1. The van der Waals surface area contributed by atoms with E-state index in [1.54, 1.807) is 48.9 Å². The third-order valence-electron chi connectivity index (χ3n) is 4.55. The maximum absolute atomic E-state index is 12.4. The van der Waals surface area contributed by atoms with Gasteiger partial charge in [-0.1, -0.05) is 24.3 Å². The third kappa shape index (κ3) is 4.82. The summed E-state index contributed by atoms with van der Waals surface area (Å²) in [6.45, 7) is 1.19. The molecule has 0 bridgehead atoms. The van der Waals surface area contributed by atoms with Crippen LogP contribution < -0.4 is 10.6 Å². The SMILES string of the molecule is O=C(NCc1ccc(Cn2ccnc2)cc1)c1ccc(NC(=O)c2ccco2)cc1. The zero-order valence-electron chi connectivity index (χ0n) is 16.1. The van der Waals surface area contributed by atoms with Crippen LogP contribution in [-0.4, -0.2) is 21.4 Å². The van der Waals surface area contributed by atoms with Crippen molar-refractivity contribution in [1.29, 1.82) is 0 Å². The first-order chi connectivity index (χ1) is 14.7. The van der Waals surface area contributed by atoms with Crippen LogP contribution in [0.1, 0.15) is 32.0 Å². The molecule has 4 aromatic rings. The smallest absolute Gasteiger partial charge is 0.291 e. The number of benzene rings is 2. The maximum Gasteiger partial charge on any atom is 0.291 e. The van der Waals surface area contributed by atoms with Gasteiger partial charge in [0.15, 0.2) is 5.76 Å². The van der Waals surface area contributed by atoms with Gasteiger partial charge in [0.2, 0.25) is 0 Å². The van der Waals surface area contributed by atoms with E-state index in [2.05, 4.69) is 15.6 Å². The molecule has 2 amide bonds. The monoisotopic (exact) mass is 400 g/mol. The number of amides is 2. The highest BCUT2D eigenvalue weighted by molar-refractivity contribution is 6.02. The summed E-state index contributed by atoms with van der Waals surface area (Å²) >= 11 is 0. The topological polar surface area (TPSA) is 89.2 Å². The highest BCUT2D eigenvalue weighted by atomic mass is 16.3. The predicted molar refractivity (Wildman–Crippen MR) is 112 cm³/mol. The van der Waals surface area contributed by atoms with Crippen molar-refractivity contribution in [2.24, 2.45) is 0 Å². The zero-order valence-corrected chi connectivity index (χ0v) is 16.1. The van der Waals surface area contributed by atoms with Crippen molar-refractivity contribution < 1.29 is 14.0 Å². The van der Waals surface area contributed by atoms with Gasteiger partial charge in [-0.25, -0.2) is 4.98 Å². The molecule has 0 aliphatic rings. The fourth-order valence-electron chi connectivity index (χ4n) is 2.94. The van der Waals surface area contributed by atoms with Crippen LogP contribution in [0, 0.1) is 0 Å². The molecule has 0 saturated heterocycles. The fourth-order valence-corrected chi connectivity index (χ4v) is 2.94. The molecule has 0 radical (unpaired) electrons. The number of aromatic nitrogens is 2. The van der Waals surface area contributed by atoms with Gasteiger partial charge in [0.05, 0.1) is 12.6 Å². The van der Waals surface area contributed by atoms with Crippen LogP contribution in [0.4, 0.5) is 5.69 Å². The van der Waals surface area contributed by atoms with E-state index in [-0.39, 0.29) is 17.6 Å². The van der Waals surface area contributed by atoms with Crippen LogP contribution in [0.3, 0.4) is 0 Å². The Balaban J connectivity index is 1.29. The Morgan fingerprint density at radius 1 is 0.933 bits per heavy atom. The molecule has 7 nitrogen and oxygen atoms in total. The van der Waals surface area contributed by atoms with Gasteiger partial charge in [0.25, 0.3) is 11.8 Å². The fraction of sp³-hybridized carbons (Fsp3) is 0.0870. The van der Waals surface area contributed by atoms with Crippen molar-refractivity contribution in [3.05, 3.63) is 108 Å². The van der Waals surface area contributed by atoms with Crippen LogP contribution in [0.15, 0.2) is 90.1 Å². The van der Waals surface area contributed by atoms with Gasteiger partial charge >= 0.3 is 0 Å². The molecule has 0 aliphatic carbocycles. The van der Waals surface area contributed by atoms with Crippen LogP contribution in [0.5, 0.6) is 0 Å². The molecule has 2 aromatic carbocycles. The van der Waals surface area contributed by atoms with Gasteiger partial charge in [0, 0.05) is 36.7 Å². The summed E-state index contributed by atoms with van der Waals surface area (Å²) in [6.07, 6.45) is 6.89. The number of hydrogen-bond donors (Lipinski definition) is 2. The van der Waals surface area contributed by atoms with Crippen LogP contribution in [-0.2, 0) is 13.1 Å². The molecule has 2 heterocycles. The summed E-state index contributed by atoms with van der Waals surface area (Å²) in [6, 6.07) is 18.0. The van der Waals surface area contributed by atoms with E-state index in [4.69, 9.17) is 4.42 Å². The lowest BCUT2D eigenvalue weighted by atomic mass is 10.1. The Morgan fingerprint density at radius 2 is 1.70 bits per heavy atom. The van der Waals surface area contributed by atoms with Crippen LogP contribution in [0.2, 0.25) is 0 Å². The summed E-state index contributed by atoms with van der Waals surface area (Å²) in [5.74, 6) is -0.289. The van der Waals surface area contributed by atoms with Gasteiger partial charge in [-0.15, -0.1) is 0 Å². The molecule has 2 aromatic heterocycles. The number of imidazole rings is 1. The molecule has 0 spiro atoms. The first-order valence-corrected chi connectivity index (χ1v) is 9.44. The first kappa shape index (κ1) is 19.2. The van der Waals surface area contributed by atoms with E-state index in [9.17, 15) is 9.59 Å². The van der Waals surface area contributed by atoms with E-state index in [0.29, 0.717) is 17.8 Å². The number of rotatable bonds is 7. The third-order valence-corrected chi connectivity index (χ3v) is 4.55. The molecule has 30 heavy (non-hydrogen) atoms. The molecule has 150 valence electrons. The number of carbonyl (C=O) groups excluding carboxylic acids is 2. The van der Waals surface area contributed by atoms with Gasteiger partial charge in [-0.05, 0) is 47.5 Å².